The second kappa shape index (κ2) is 12.5. The molecule has 0 saturated heterocycles. The summed E-state index contributed by atoms with van der Waals surface area (Å²) in [5.41, 5.74) is 4.02. The third-order valence-corrected chi connectivity index (χ3v) is 5.39. The average Bonchev–Trinajstić information content (AvgIpc) is 3.10. The zero-order valence-electron chi connectivity index (χ0n) is 20.8. The summed E-state index contributed by atoms with van der Waals surface area (Å²) in [5, 5.41) is 15.4. The van der Waals surface area contributed by atoms with Crippen molar-refractivity contribution in [3.05, 3.63) is 84.1 Å². The van der Waals surface area contributed by atoms with Crippen molar-refractivity contribution >= 4 is 0 Å². The molecule has 6 heteroatoms. The van der Waals surface area contributed by atoms with Gasteiger partial charge in [0.1, 0.15) is 5.75 Å². The van der Waals surface area contributed by atoms with E-state index in [1.54, 1.807) is 6.08 Å². The van der Waals surface area contributed by atoms with Crippen LogP contribution in [-0.2, 0) is 11.3 Å². The molecule has 34 heavy (non-hydrogen) atoms. The molecule has 182 valence electrons. The van der Waals surface area contributed by atoms with Crippen molar-refractivity contribution in [3.8, 4) is 17.3 Å². The maximum Gasteiger partial charge on any atom is 0.227 e. The predicted octanol–water partition coefficient (Wildman–Crippen LogP) is 5.30. The fourth-order valence-electron chi connectivity index (χ4n) is 3.87. The van der Waals surface area contributed by atoms with Crippen molar-refractivity contribution in [1.29, 1.82) is 0 Å². The molecule has 1 aromatic heterocycles. The highest BCUT2D eigenvalue weighted by Gasteiger charge is 2.23. The first-order valence-electron chi connectivity index (χ1n) is 11.8. The third kappa shape index (κ3) is 7.29. The van der Waals surface area contributed by atoms with Gasteiger partial charge in [-0.15, -0.1) is 6.58 Å². The van der Waals surface area contributed by atoms with E-state index in [-0.39, 0.29) is 6.61 Å². The van der Waals surface area contributed by atoms with E-state index in [2.05, 4.69) is 32.3 Å². The number of aliphatic hydroxyl groups excluding tert-OH is 1. The smallest absolute Gasteiger partial charge is 0.227 e. The first kappa shape index (κ1) is 25.7. The first-order chi connectivity index (χ1) is 16.4. The fraction of sp³-hybridized carbons (Fsp3) is 0.393. The number of para-hydroxylation sites is 1. The second-order valence-corrected chi connectivity index (χ2v) is 9.10. The van der Waals surface area contributed by atoms with Crippen LogP contribution in [0.5, 0.6) is 11.6 Å². The Morgan fingerprint density at radius 3 is 2.41 bits per heavy atom. The monoisotopic (exact) mass is 463 g/mol. The SMILES string of the molecule is C=CCOC[C@H](O)CN(Cc1c(C)nn(-c2ccccc2)c1Oc1ccc(C)cc1)CC(C)C. The van der Waals surface area contributed by atoms with E-state index in [1.807, 2.05) is 66.2 Å². The summed E-state index contributed by atoms with van der Waals surface area (Å²) >= 11 is 0. The van der Waals surface area contributed by atoms with Gasteiger partial charge in [0.05, 0.1) is 36.3 Å². The molecule has 0 unspecified atom stereocenters. The molecule has 1 heterocycles. The Kier molecular flexibility index (Phi) is 9.45. The minimum Gasteiger partial charge on any atom is -0.439 e. The Bertz CT molecular complexity index is 1030. The van der Waals surface area contributed by atoms with Crippen molar-refractivity contribution < 1.29 is 14.6 Å². The van der Waals surface area contributed by atoms with Crippen molar-refractivity contribution in [1.82, 2.24) is 14.7 Å². The van der Waals surface area contributed by atoms with Gasteiger partial charge < -0.3 is 14.6 Å². The Morgan fingerprint density at radius 2 is 1.76 bits per heavy atom. The lowest BCUT2D eigenvalue weighted by Gasteiger charge is -2.27. The number of ether oxygens (including phenoxy) is 2. The van der Waals surface area contributed by atoms with Gasteiger partial charge in [0, 0.05) is 19.6 Å². The molecule has 0 aliphatic rings. The molecule has 3 aromatic rings. The number of hydrogen-bond acceptors (Lipinski definition) is 5. The normalized spacial score (nSPS) is 12.3. The zero-order chi connectivity index (χ0) is 24.5. The highest BCUT2D eigenvalue weighted by molar-refractivity contribution is 5.43. The molecule has 3 rings (SSSR count). The third-order valence-electron chi connectivity index (χ3n) is 5.39. The van der Waals surface area contributed by atoms with Crippen LogP contribution in [0.2, 0.25) is 0 Å². The molecule has 0 aliphatic heterocycles. The van der Waals surface area contributed by atoms with Crippen molar-refractivity contribution in [2.24, 2.45) is 5.92 Å². The van der Waals surface area contributed by atoms with Gasteiger partial charge in [0.2, 0.25) is 5.88 Å². The Balaban J connectivity index is 1.93. The van der Waals surface area contributed by atoms with Gasteiger partial charge >= 0.3 is 0 Å². The van der Waals surface area contributed by atoms with Gasteiger partial charge in [-0.2, -0.15) is 5.10 Å². The Hall–Kier alpha value is -2.93. The molecule has 0 fully saturated rings. The molecule has 0 amide bonds. The average molecular weight is 464 g/mol. The van der Waals surface area contributed by atoms with E-state index in [1.165, 1.54) is 5.56 Å². The molecule has 0 radical (unpaired) electrons. The van der Waals surface area contributed by atoms with E-state index < -0.39 is 6.10 Å². The van der Waals surface area contributed by atoms with Crippen LogP contribution in [0.25, 0.3) is 5.69 Å². The molecule has 2 aromatic carbocycles. The van der Waals surface area contributed by atoms with E-state index in [0.717, 1.165) is 29.2 Å². The number of rotatable bonds is 13. The summed E-state index contributed by atoms with van der Waals surface area (Å²) < 4.78 is 13.8. The number of aromatic nitrogens is 2. The van der Waals surface area contributed by atoms with E-state index in [9.17, 15) is 5.11 Å². The number of aryl methyl sites for hydroxylation is 2. The molecular weight excluding hydrogens is 426 g/mol. The molecule has 1 N–H and O–H groups in total. The van der Waals surface area contributed by atoms with Gasteiger partial charge in [0.25, 0.3) is 0 Å². The summed E-state index contributed by atoms with van der Waals surface area (Å²) in [6, 6.07) is 18.0. The van der Waals surface area contributed by atoms with Crippen LogP contribution in [0, 0.1) is 19.8 Å². The molecular formula is C28H37N3O3. The fourth-order valence-corrected chi connectivity index (χ4v) is 3.87. The second-order valence-electron chi connectivity index (χ2n) is 9.10. The summed E-state index contributed by atoms with van der Waals surface area (Å²) in [4.78, 5) is 2.24. The van der Waals surface area contributed by atoms with Crippen LogP contribution in [0.3, 0.4) is 0 Å². The highest BCUT2D eigenvalue weighted by atomic mass is 16.5. The topological polar surface area (TPSA) is 59.8 Å². The predicted molar refractivity (Wildman–Crippen MR) is 137 cm³/mol. The largest absolute Gasteiger partial charge is 0.439 e. The molecule has 1 atom stereocenters. The highest BCUT2D eigenvalue weighted by Crippen LogP contribution is 2.32. The summed E-state index contributed by atoms with van der Waals surface area (Å²) in [5.74, 6) is 1.89. The van der Waals surface area contributed by atoms with Crippen LogP contribution in [0.1, 0.15) is 30.7 Å². The van der Waals surface area contributed by atoms with Crippen molar-refractivity contribution in [3.63, 3.8) is 0 Å². The van der Waals surface area contributed by atoms with Gasteiger partial charge in [0.15, 0.2) is 0 Å². The molecule has 0 aliphatic carbocycles. The van der Waals surface area contributed by atoms with Gasteiger partial charge in [-0.3, -0.25) is 4.90 Å². The Labute approximate surface area is 203 Å². The zero-order valence-corrected chi connectivity index (χ0v) is 20.8. The van der Waals surface area contributed by atoms with Crippen LogP contribution in [-0.4, -0.2) is 52.2 Å². The standard InChI is InChI=1S/C28H37N3O3/c1-6-16-33-20-25(32)18-30(17-21(2)3)19-27-23(5)29-31(24-10-8-7-9-11-24)28(27)34-26-14-12-22(4)13-15-26/h6-15,21,25,32H,1,16-20H2,2-5H3/t25-/m1/s1. The first-order valence-corrected chi connectivity index (χ1v) is 11.8. The summed E-state index contributed by atoms with van der Waals surface area (Å²) in [7, 11) is 0. The quantitative estimate of drug-likeness (QED) is 0.275. The van der Waals surface area contributed by atoms with Crippen LogP contribution >= 0.6 is 0 Å². The number of benzene rings is 2. The number of hydrogen-bond donors (Lipinski definition) is 1. The lowest BCUT2D eigenvalue weighted by Crippen LogP contribution is -2.37. The van der Waals surface area contributed by atoms with Gasteiger partial charge in [-0.05, 0) is 44.0 Å². The van der Waals surface area contributed by atoms with E-state index >= 15 is 0 Å². The molecule has 6 nitrogen and oxygen atoms in total. The van der Waals surface area contributed by atoms with Crippen LogP contribution in [0.15, 0.2) is 67.3 Å². The maximum absolute atomic E-state index is 10.6. The molecule has 0 bridgehead atoms. The van der Waals surface area contributed by atoms with E-state index in [4.69, 9.17) is 14.6 Å². The lowest BCUT2D eigenvalue weighted by atomic mass is 10.1. The Morgan fingerprint density at radius 1 is 1.06 bits per heavy atom. The summed E-state index contributed by atoms with van der Waals surface area (Å²) in [6.45, 7) is 14.7. The van der Waals surface area contributed by atoms with Crippen molar-refractivity contribution in [2.75, 3.05) is 26.3 Å². The van der Waals surface area contributed by atoms with Gasteiger partial charge in [-0.25, -0.2) is 4.68 Å². The number of aliphatic hydroxyl groups is 1. The molecule has 0 spiro atoms. The van der Waals surface area contributed by atoms with E-state index in [0.29, 0.717) is 31.5 Å². The number of nitrogens with zero attached hydrogens (tertiary/aromatic N) is 3. The van der Waals surface area contributed by atoms with Crippen LogP contribution in [0.4, 0.5) is 0 Å². The minimum absolute atomic E-state index is 0.273. The van der Waals surface area contributed by atoms with Crippen molar-refractivity contribution in [2.45, 2.75) is 40.3 Å². The van der Waals surface area contributed by atoms with Crippen LogP contribution < -0.4 is 4.74 Å². The summed E-state index contributed by atoms with van der Waals surface area (Å²) in [6.07, 6.45) is 1.10. The lowest BCUT2D eigenvalue weighted by molar-refractivity contribution is 0.0222. The minimum atomic E-state index is -0.593. The molecule has 0 saturated carbocycles. The maximum atomic E-state index is 10.6. The van der Waals surface area contributed by atoms with Gasteiger partial charge in [-0.1, -0.05) is 55.8 Å².